The topological polar surface area (TPSA) is 106 Å². The number of pyridine rings is 2. The Morgan fingerprint density at radius 1 is 1.28 bits per heavy atom. The van der Waals surface area contributed by atoms with Crippen LogP contribution in [0.3, 0.4) is 0 Å². The Hall–Kier alpha value is -4.01. The summed E-state index contributed by atoms with van der Waals surface area (Å²) in [6.07, 6.45) is -0.753. The normalized spacial score (nSPS) is 11.1. The highest BCUT2D eigenvalue weighted by molar-refractivity contribution is 5.91. The highest BCUT2D eigenvalue weighted by atomic mass is 19.4. The summed E-state index contributed by atoms with van der Waals surface area (Å²) in [5.41, 5.74) is 1.14. The summed E-state index contributed by atoms with van der Waals surface area (Å²) in [5.74, 6) is -1.02. The standard InChI is InChI=1S/C20H16F4N6O2/c1-12-4-13(8-27-19(12)32-11-20(22,23)24)5-18(31)28-17-2-3-30(29-17)10-15-6-14(7-25)16(21)9-26-15/h2-4,6,8-9H,5,10-11H2,1H3,(H,28,29,31). The molecule has 8 nitrogen and oxygen atoms in total. The van der Waals surface area contributed by atoms with Gasteiger partial charge in [-0.1, -0.05) is 0 Å². The van der Waals surface area contributed by atoms with Crippen LogP contribution in [0, 0.1) is 24.1 Å². The smallest absolute Gasteiger partial charge is 0.422 e. The lowest BCUT2D eigenvalue weighted by Crippen LogP contribution is -2.20. The molecule has 0 aliphatic carbocycles. The molecular formula is C20H16F4N6O2. The van der Waals surface area contributed by atoms with Gasteiger partial charge in [0.25, 0.3) is 0 Å². The first-order chi connectivity index (χ1) is 15.1. The summed E-state index contributed by atoms with van der Waals surface area (Å²) in [6.45, 7) is 0.241. The number of carbonyl (C=O) groups is 1. The Bertz CT molecular complexity index is 1170. The fraction of sp³-hybridized carbons (Fsp3) is 0.250. The van der Waals surface area contributed by atoms with Gasteiger partial charge in [0.15, 0.2) is 18.2 Å². The molecule has 0 bridgehead atoms. The van der Waals surface area contributed by atoms with Gasteiger partial charge in [-0.2, -0.15) is 23.5 Å². The third kappa shape index (κ3) is 6.24. The van der Waals surface area contributed by atoms with E-state index in [0.29, 0.717) is 16.8 Å². The van der Waals surface area contributed by atoms with Crippen molar-refractivity contribution in [3.63, 3.8) is 0 Å². The van der Waals surface area contributed by atoms with E-state index >= 15 is 0 Å². The van der Waals surface area contributed by atoms with Crippen molar-refractivity contribution >= 4 is 11.7 Å². The molecule has 0 radical (unpaired) electrons. The van der Waals surface area contributed by atoms with Crippen LogP contribution in [0.15, 0.2) is 36.8 Å². The second-order valence-corrected chi connectivity index (χ2v) is 6.76. The molecule has 0 fully saturated rings. The number of ether oxygens (including phenoxy) is 1. The molecule has 0 spiro atoms. The lowest BCUT2D eigenvalue weighted by molar-refractivity contribution is -0.154. The molecule has 0 atom stereocenters. The van der Waals surface area contributed by atoms with E-state index in [2.05, 4.69) is 25.1 Å². The predicted octanol–water partition coefficient (Wildman–Crippen LogP) is 3.16. The zero-order chi connectivity index (χ0) is 23.3. The summed E-state index contributed by atoms with van der Waals surface area (Å²) >= 11 is 0. The number of rotatable bonds is 7. The van der Waals surface area contributed by atoms with Crippen LogP contribution in [0.2, 0.25) is 0 Å². The SMILES string of the molecule is Cc1cc(CC(=O)Nc2ccn(Cc3cc(C#N)c(F)cn3)n2)cnc1OCC(F)(F)F. The van der Waals surface area contributed by atoms with Gasteiger partial charge < -0.3 is 10.1 Å². The van der Waals surface area contributed by atoms with Crippen molar-refractivity contribution in [3.8, 4) is 11.9 Å². The van der Waals surface area contributed by atoms with E-state index in [4.69, 9.17) is 5.26 Å². The first-order valence-corrected chi connectivity index (χ1v) is 9.16. The quantitative estimate of drug-likeness (QED) is 0.557. The summed E-state index contributed by atoms with van der Waals surface area (Å²) in [6, 6.07) is 6.11. The van der Waals surface area contributed by atoms with Crippen LogP contribution in [0.5, 0.6) is 5.88 Å². The fourth-order valence-corrected chi connectivity index (χ4v) is 2.73. The van der Waals surface area contributed by atoms with E-state index in [1.165, 1.54) is 29.9 Å². The second kappa shape index (κ2) is 9.42. The Balaban J connectivity index is 1.57. The number of amides is 1. The number of halogens is 4. The van der Waals surface area contributed by atoms with Crippen molar-refractivity contribution < 1.29 is 27.1 Å². The maximum absolute atomic E-state index is 13.4. The largest absolute Gasteiger partial charge is 0.468 e. The van der Waals surface area contributed by atoms with E-state index in [0.717, 1.165) is 6.20 Å². The first kappa shape index (κ1) is 22.7. The monoisotopic (exact) mass is 448 g/mol. The van der Waals surface area contributed by atoms with Crippen LogP contribution >= 0.6 is 0 Å². The van der Waals surface area contributed by atoms with Crippen molar-refractivity contribution in [3.05, 3.63) is 65.0 Å². The van der Waals surface area contributed by atoms with Crippen molar-refractivity contribution in [2.45, 2.75) is 26.1 Å². The first-order valence-electron chi connectivity index (χ1n) is 9.16. The predicted molar refractivity (Wildman–Crippen MR) is 103 cm³/mol. The molecule has 0 saturated carbocycles. The molecular weight excluding hydrogens is 432 g/mol. The third-order valence-electron chi connectivity index (χ3n) is 4.09. The highest BCUT2D eigenvalue weighted by Crippen LogP contribution is 2.20. The molecule has 0 unspecified atom stereocenters. The van der Waals surface area contributed by atoms with Crippen molar-refractivity contribution in [1.29, 1.82) is 5.26 Å². The van der Waals surface area contributed by atoms with Gasteiger partial charge >= 0.3 is 6.18 Å². The van der Waals surface area contributed by atoms with Gasteiger partial charge in [-0.15, -0.1) is 0 Å². The minimum absolute atomic E-state index is 0.0781. The van der Waals surface area contributed by atoms with Crippen molar-refractivity contribution in [1.82, 2.24) is 19.7 Å². The van der Waals surface area contributed by atoms with Gasteiger partial charge in [0.1, 0.15) is 6.07 Å². The van der Waals surface area contributed by atoms with Gasteiger partial charge in [-0.3, -0.25) is 14.5 Å². The number of alkyl halides is 3. The van der Waals surface area contributed by atoms with Gasteiger partial charge in [-0.05, 0) is 24.6 Å². The van der Waals surface area contributed by atoms with E-state index in [1.54, 1.807) is 18.3 Å². The van der Waals surface area contributed by atoms with Crippen LogP contribution in [-0.2, 0) is 17.8 Å². The average Bonchev–Trinajstić information content (AvgIpc) is 3.14. The molecule has 166 valence electrons. The van der Waals surface area contributed by atoms with E-state index in [9.17, 15) is 22.4 Å². The minimum atomic E-state index is -4.47. The number of nitrogens with zero attached hydrogens (tertiary/aromatic N) is 5. The zero-order valence-corrected chi connectivity index (χ0v) is 16.6. The maximum atomic E-state index is 13.4. The van der Waals surface area contributed by atoms with Crippen LogP contribution in [0.1, 0.15) is 22.4 Å². The molecule has 3 heterocycles. The number of aryl methyl sites for hydroxylation is 1. The van der Waals surface area contributed by atoms with E-state index < -0.39 is 24.5 Å². The number of anilines is 1. The summed E-state index contributed by atoms with van der Waals surface area (Å²) < 4.78 is 56.2. The number of aromatic nitrogens is 4. The van der Waals surface area contributed by atoms with Gasteiger partial charge in [0, 0.05) is 24.0 Å². The fourth-order valence-electron chi connectivity index (χ4n) is 2.73. The molecule has 3 rings (SSSR count). The highest BCUT2D eigenvalue weighted by Gasteiger charge is 2.29. The average molecular weight is 448 g/mol. The summed E-state index contributed by atoms with van der Waals surface area (Å²) in [4.78, 5) is 20.0. The number of nitrogens with one attached hydrogen (secondary N) is 1. The van der Waals surface area contributed by atoms with Crippen LogP contribution in [-0.4, -0.2) is 38.4 Å². The molecule has 3 aromatic heterocycles. The molecule has 3 aromatic rings. The van der Waals surface area contributed by atoms with Gasteiger partial charge in [-0.25, -0.2) is 9.37 Å². The Labute approximate surface area is 179 Å². The molecule has 12 heteroatoms. The molecule has 0 aliphatic heterocycles. The lowest BCUT2D eigenvalue weighted by atomic mass is 10.1. The number of nitriles is 1. The van der Waals surface area contributed by atoms with Crippen LogP contribution in [0.25, 0.3) is 0 Å². The van der Waals surface area contributed by atoms with Crippen molar-refractivity contribution in [2.75, 3.05) is 11.9 Å². The molecule has 0 aliphatic rings. The number of hydrogen-bond acceptors (Lipinski definition) is 6. The molecule has 1 N–H and O–H groups in total. The molecule has 0 saturated heterocycles. The number of carbonyl (C=O) groups excluding carboxylic acids is 1. The van der Waals surface area contributed by atoms with Gasteiger partial charge in [0.2, 0.25) is 11.8 Å². The van der Waals surface area contributed by atoms with Crippen molar-refractivity contribution in [2.24, 2.45) is 0 Å². The van der Waals surface area contributed by atoms with Crippen LogP contribution < -0.4 is 10.1 Å². The summed E-state index contributed by atoms with van der Waals surface area (Å²) in [7, 11) is 0. The van der Waals surface area contributed by atoms with Crippen LogP contribution in [0.4, 0.5) is 23.4 Å². The Morgan fingerprint density at radius 2 is 2.06 bits per heavy atom. The zero-order valence-electron chi connectivity index (χ0n) is 16.6. The Morgan fingerprint density at radius 3 is 2.75 bits per heavy atom. The third-order valence-corrected chi connectivity index (χ3v) is 4.09. The van der Waals surface area contributed by atoms with Gasteiger partial charge in [0.05, 0.1) is 30.4 Å². The summed E-state index contributed by atoms with van der Waals surface area (Å²) in [5, 5.41) is 15.6. The molecule has 0 aromatic carbocycles. The maximum Gasteiger partial charge on any atom is 0.422 e. The lowest BCUT2D eigenvalue weighted by Gasteiger charge is -2.11. The van der Waals surface area contributed by atoms with E-state index in [1.807, 2.05) is 0 Å². The molecule has 1 amide bonds. The Kier molecular flexibility index (Phi) is 6.67. The van der Waals surface area contributed by atoms with E-state index in [-0.39, 0.29) is 30.2 Å². The molecule has 32 heavy (non-hydrogen) atoms. The minimum Gasteiger partial charge on any atom is -0.468 e. The number of hydrogen-bond donors (Lipinski definition) is 1. The second-order valence-electron chi connectivity index (χ2n) is 6.76.